The van der Waals surface area contributed by atoms with Crippen LogP contribution >= 0.6 is 15.9 Å². The number of hydrogen-bond acceptors (Lipinski definition) is 2. The van der Waals surface area contributed by atoms with Crippen molar-refractivity contribution >= 4 is 21.9 Å². The zero-order valence-electron chi connectivity index (χ0n) is 9.16. The monoisotopic (exact) mass is 270 g/mol. The van der Waals surface area contributed by atoms with Crippen LogP contribution in [0.5, 0.6) is 0 Å². The van der Waals surface area contributed by atoms with Gasteiger partial charge in [0.05, 0.1) is 7.11 Å². The van der Waals surface area contributed by atoms with E-state index in [0.717, 1.165) is 5.56 Å². The summed E-state index contributed by atoms with van der Waals surface area (Å²) in [5, 5.41) is 0. The number of rotatable bonds is 3. The van der Waals surface area contributed by atoms with Crippen molar-refractivity contribution in [3.63, 3.8) is 0 Å². The lowest BCUT2D eigenvalue weighted by Crippen LogP contribution is -2.08. The first kappa shape index (κ1) is 12.2. The summed E-state index contributed by atoms with van der Waals surface area (Å²) in [6.45, 7) is 4.28. The Morgan fingerprint density at radius 1 is 1.20 bits per heavy atom. The van der Waals surface area contributed by atoms with Crippen molar-refractivity contribution < 1.29 is 9.53 Å². The van der Waals surface area contributed by atoms with E-state index in [9.17, 15) is 4.79 Å². The largest absolute Gasteiger partial charge is 0.468 e. The van der Waals surface area contributed by atoms with E-state index in [2.05, 4.69) is 34.5 Å². The van der Waals surface area contributed by atoms with Crippen molar-refractivity contribution in [2.75, 3.05) is 7.11 Å². The van der Waals surface area contributed by atoms with Crippen LogP contribution in [0.1, 0.15) is 35.7 Å². The quantitative estimate of drug-likeness (QED) is 0.622. The molecule has 0 unspecified atom stereocenters. The molecule has 2 nitrogen and oxygen atoms in total. The molecule has 0 saturated carbocycles. The molecule has 0 N–H and O–H groups in total. The molecule has 0 aliphatic heterocycles. The summed E-state index contributed by atoms with van der Waals surface area (Å²) in [5.41, 5.74) is 2.19. The maximum absolute atomic E-state index is 11.3. The Morgan fingerprint density at radius 2 is 1.67 bits per heavy atom. The fourth-order valence-electron chi connectivity index (χ4n) is 1.29. The van der Waals surface area contributed by atoms with Crippen molar-refractivity contribution in [2.24, 2.45) is 0 Å². The van der Waals surface area contributed by atoms with Gasteiger partial charge in [-0.3, -0.25) is 4.79 Å². The van der Waals surface area contributed by atoms with Gasteiger partial charge in [-0.15, -0.1) is 0 Å². The van der Waals surface area contributed by atoms with E-state index in [1.54, 1.807) is 0 Å². The molecule has 1 aromatic carbocycles. The molecule has 0 amide bonds. The predicted molar refractivity (Wildman–Crippen MR) is 64.2 cm³/mol. The summed E-state index contributed by atoms with van der Waals surface area (Å²) in [5.74, 6) is 0.234. The molecule has 1 atom stereocenters. The first-order chi connectivity index (χ1) is 7.06. The van der Waals surface area contributed by atoms with Crippen molar-refractivity contribution in [1.29, 1.82) is 0 Å². The van der Waals surface area contributed by atoms with Crippen molar-refractivity contribution in [2.45, 2.75) is 24.6 Å². The van der Waals surface area contributed by atoms with E-state index < -0.39 is 0 Å². The fraction of sp³-hybridized carbons (Fsp3) is 0.417. The minimum Gasteiger partial charge on any atom is -0.468 e. The van der Waals surface area contributed by atoms with Gasteiger partial charge in [0, 0.05) is 0 Å². The van der Waals surface area contributed by atoms with Crippen molar-refractivity contribution in [3.05, 3.63) is 35.4 Å². The molecule has 3 heteroatoms. The topological polar surface area (TPSA) is 26.3 Å². The maximum Gasteiger partial charge on any atom is 0.323 e. The number of carbonyl (C=O) groups excluding carboxylic acids is 1. The van der Waals surface area contributed by atoms with Crippen LogP contribution in [0.25, 0.3) is 0 Å². The molecule has 1 aromatic rings. The average Bonchev–Trinajstić information content (AvgIpc) is 2.27. The molecule has 0 aromatic heterocycles. The minimum absolute atomic E-state index is 0.271. The Hall–Kier alpha value is -0.830. The number of benzene rings is 1. The summed E-state index contributed by atoms with van der Waals surface area (Å²) in [4.78, 5) is 10.9. The average molecular weight is 271 g/mol. The molecule has 82 valence electrons. The maximum atomic E-state index is 11.3. The smallest absolute Gasteiger partial charge is 0.323 e. The number of methoxy groups -OCH3 is 1. The molecule has 0 bridgehead atoms. The van der Waals surface area contributed by atoms with Gasteiger partial charge in [-0.1, -0.05) is 54.0 Å². The lowest BCUT2D eigenvalue weighted by molar-refractivity contribution is -0.139. The summed E-state index contributed by atoms with van der Waals surface area (Å²) in [6.07, 6.45) is 0. The van der Waals surface area contributed by atoms with Gasteiger partial charge in [-0.25, -0.2) is 0 Å². The predicted octanol–water partition coefficient (Wildman–Crippen LogP) is 3.42. The van der Waals surface area contributed by atoms with Crippen LogP contribution in [0.3, 0.4) is 0 Å². The van der Waals surface area contributed by atoms with Gasteiger partial charge in [0.25, 0.3) is 0 Å². The van der Waals surface area contributed by atoms with Gasteiger partial charge < -0.3 is 4.74 Å². The molecule has 15 heavy (non-hydrogen) atoms. The lowest BCUT2D eigenvalue weighted by Gasteiger charge is -2.10. The second kappa shape index (κ2) is 5.31. The zero-order valence-corrected chi connectivity index (χ0v) is 10.7. The van der Waals surface area contributed by atoms with E-state index in [0.29, 0.717) is 5.92 Å². The van der Waals surface area contributed by atoms with Gasteiger partial charge in [0.2, 0.25) is 0 Å². The highest BCUT2D eigenvalue weighted by atomic mass is 79.9. The number of alkyl halides is 1. The second-order valence-electron chi connectivity index (χ2n) is 3.71. The van der Waals surface area contributed by atoms with E-state index in [-0.39, 0.29) is 10.8 Å². The highest BCUT2D eigenvalue weighted by molar-refractivity contribution is 9.09. The van der Waals surface area contributed by atoms with Crippen molar-refractivity contribution in [3.8, 4) is 0 Å². The highest BCUT2D eigenvalue weighted by Crippen LogP contribution is 2.25. The van der Waals surface area contributed by atoms with E-state index >= 15 is 0 Å². The minimum atomic E-state index is -0.372. The standard InChI is InChI=1S/C12H15BrO2/c1-8(2)9-4-6-10(7-5-9)11(13)12(14)15-3/h4-8,11H,1-3H3/t11-/m0/s1. The SMILES string of the molecule is COC(=O)[C@@H](Br)c1ccc(C(C)C)cc1. The normalized spacial score (nSPS) is 12.6. The molecule has 0 saturated heterocycles. The third kappa shape index (κ3) is 3.06. The van der Waals surface area contributed by atoms with Gasteiger partial charge in [-0.05, 0) is 17.0 Å². The number of ether oxygens (including phenoxy) is 1. The number of hydrogen-bond donors (Lipinski definition) is 0. The molecule has 0 aliphatic rings. The van der Waals surface area contributed by atoms with E-state index in [1.807, 2.05) is 24.3 Å². The Kier molecular flexibility index (Phi) is 4.33. The molecular formula is C12H15BrO2. The summed E-state index contributed by atoms with van der Waals surface area (Å²) in [7, 11) is 1.39. The van der Waals surface area contributed by atoms with Crippen LogP contribution in [-0.4, -0.2) is 13.1 Å². The number of halogens is 1. The van der Waals surface area contributed by atoms with Crippen LogP contribution < -0.4 is 0 Å². The van der Waals surface area contributed by atoms with Gasteiger partial charge in [0.1, 0.15) is 4.83 Å². The van der Waals surface area contributed by atoms with Crippen molar-refractivity contribution in [1.82, 2.24) is 0 Å². The Bertz CT molecular complexity index is 330. The number of esters is 1. The summed E-state index contributed by atoms with van der Waals surface area (Å²) < 4.78 is 4.66. The lowest BCUT2D eigenvalue weighted by atomic mass is 10.0. The van der Waals surface area contributed by atoms with Crippen LogP contribution in [0.2, 0.25) is 0 Å². The Balaban J connectivity index is 2.84. The molecular weight excluding hydrogens is 256 g/mol. The molecule has 0 spiro atoms. The first-order valence-electron chi connectivity index (χ1n) is 4.88. The van der Waals surface area contributed by atoms with Crippen LogP contribution in [0.4, 0.5) is 0 Å². The van der Waals surface area contributed by atoms with Gasteiger partial charge in [-0.2, -0.15) is 0 Å². The highest BCUT2D eigenvalue weighted by Gasteiger charge is 2.17. The van der Waals surface area contributed by atoms with E-state index in [1.165, 1.54) is 12.7 Å². The second-order valence-corrected chi connectivity index (χ2v) is 4.62. The van der Waals surface area contributed by atoms with Crippen LogP contribution in [-0.2, 0) is 9.53 Å². The fourth-order valence-corrected chi connectivity index (χ4v) is 1.78. The summed E-state index contributed by atoms with van der Waals surface area (Å²) >= 11 is 3.30. The molecule has 0 fully saturated rings. The van der Waals surface area contributed by atoms with Crippen LogP contribution in [0, 0.1) is 0 Å². The molecule has 0 radical (unpaired) electrons. The Morgan fingerprint density at radius 3 is 2.07 bits per heavy atom. The third-order valence-corrected chi connectivity index (χ3v) is 3.21. The molecule has 0 aliphatic carbocycles. The van der Waals surface area contributed by atoms with Gasteiger partial charge in [0.15, 0.2) is 0 Å². The first-order valence-corrected chi connectivity index (χ1v) is 5.79. The van der Waals surface area contributed by atoms with Gasteiger partial charge >= 0.3 is 5.97 Å². The van der Waals surface area contributed by atoms with Crippen LogP contribution in [0.15, 0.2) is 24.3 Å². The zero-order chi connectivity index (χ0) is 11.4. The van der Waals surface area contributed by atoms with E-state index in [4.69, 9.17) is 0 Å². The summed E-state index contributed by atoms with van der Waals surface area (Å²) in [6, 6.07) is 7.98. The molecule has 1 rings (SSSR count). The molecule has 0 heterocycles. The number of carbonyl (C=O) groups is 1. The Labute approximate surface area is 98.8 Å². The third-order valence-electron chi connectivity index (χ3n) is 2.30.